The minimum absolute atomic E-state index is 0.0128. The zero-order valence-electron chi connectivity index (χ0n) is 8.28. The van der Waals surface area contributed by atoms with E-state index in [1.807, 2.05) is 30.3 Å². The lowest BCUT2D eigenvalue weighted by atomic mass is 10.3. The average molecular weight is 207 g/mol. The van der Waals surface area contributed by atoms with Crippen molar-refractivity contribution in [3.8, 4) is 0 Å². The fourth-order valence-electron chi connectivity index (χ4n) is 1.04. The average Bonchev–Trinajstić information content (AvgIpc) is 2.15. The van der Waals surface area contributed by atoms with Gasteiger partial charge in [-0.2, -0.15) is 0 Å². The quantitative estimate of drug-likeness (QED) is 0.612. The third-order valence-corrected chi connectivity index (χ3v) is 2.96. The first kappa shape index (κ1) is 10.9. The van der Waals surface area contributed by atoms with Crippen LogP contribution in [-0.2, 0) is 4.79 Å². The largest absolute Gasteiger partial charge is 0.401 e. The van der Waals surface area contributed by atoms with Crippen molar-refractivity contribution >= 4 is 17.5 Å². The second kappa shape index (κ2) is 4.86. The summed E-state index contributed by atoms with van der Waals surface area (Å²) in [6.07, 6.45) is 0. The van der Waals surface area contributed by atoms with Crippen LogP contribution >= 0.6 is 11.8 Å². The molecule has 0 saturated heterocycles. The van der Waals surface area contributed by atoms with Gasteiger partial charge in [0.05, 0.1) is 4.91 Å². The summed E-state index contributed by atoms with van der Waals surface area (Å²) in [5.41, 5.74) is 6.20. The van der Waals surface area contributed by atoms with Crippen LogP contribution in [0.5, 0.6) is 0 Å². The molecule has 1 aromatic rings. The van der Waals surface area contributed by atoms with Gasteiger partial charge in [0.1, 0.15) is 0 Å². The number of allylic oxidation sites excluding steroid dienone is 2. The van der Waals surface area contributed by atoms with Gasteiger partial charge in [-0.05, 0) is 26.0 Å². The van der Waals surface area contributed by atoms with Crippen molar-refractivity contribution in [2.45, 2.75) is 18.7 Å². The van der Waals surface area contributed by atoms with Crippen molar-refractivity contribution in [2.24, 2.45) is 5.73 Å². The minimum atomic E-state index is 0.0128. The van der Waals surface area contributed by atoms with Crippen LogP contribution in [0.3, 0.4) is 0 Å². The Morgan fingerprint density at radius 1 is 1.21 bits per heavy atom. The van der Waals surface area contributed by atoms with Crippen molar-refractivity contribution in [2.75, 3.05) is 0 Å². The van der Waals surface area contributed by atoms with Gasteiger partial charge in [-0.3, -0.25) is 4.79 Å². The molecule has 0 fully saturated rings. The van der Waals surface area contributed by atoms with E-state index in [1.165, 1.54) is 18.7 Å². The van der Waals surface area contributed by atoms with Gasteiger partial charge in [0, 0.05) is 10.6 Å². The summed E-state index contributed by atoms with van der Waals surface area (Å²) in [7, 11) is 0. The topological polar surface area (TPSA) is 43.1 Å². The van der Waals surface area contributed by atoms with Crippen LogP contribution in [-0.4, -0.2) is 5.78 Å². The Morgan fingerprint density at radius 3 is 2.21 bits per heavy atom. The molecule has 0 aliphatic heterocycles. The maximum absolute atomic E-state index is 11.2. The first-order valence-corrected chi connectivity index (χ1v) is 5.13. The number of carbonyl (C=O) groups excluding carboxylic acids is 1. The Bertz CT molecular complexity index is 353. The predicted octanol–water partition coefficient (Wildman–Crippen LogP) is 2.56. The third-order valence-electron chi connectivity index (χ3n) is 1.64. The number of rotatable bonds is 3. The van der Waals surface area contributed by atoms with Gasteiger partial charge in [-0.1, -0.05) is 30.0 Å². The predicted molar refractivity (Wildman–Crippen MR) is 59.9 cm³/mol. The Hall–Kier alpha value is -1.22. The Labute approximate surface area is 88.2 Å². The van der Waals surface area contributed by atoms with Gasteiger partial charge in [-0.25, -0.2) is 0 Å². The van der Waals surface area contributed by atoms with Crippen LogP contribution in [0.15, 0.2) is 45.8 Å². The lowest BCUT2D eigenvalue weighted by Crippen LogP contribution is -2.02. The zero-order valence-corrected chi connectivity index (χ0v) is 9.10. The number of thioether (sulfide) groups is 1. The molecule has 0 spiro atoms. The molecular formula is C11H13NOS. The molecule has 0 aliphatic rings. The Morgan fingerprint density at radius 2 is 1.79 bits per heavy atom. The fourth-order valence-corrected chi connectivity index (χ4v) is 1.87. The number of Topliss-reactive ketones (excluding diaryl/α,β-unsaturated/α-hetero) is 1. The van der Waals surface area contributed by atoms with E-state index < -0.39 is 0 Å². The van der Waals surface area contributed by atoms with E-state index in [-0.39, 0.29) is 5.78 Å². The molecule has 14 heavy (non-hydrogen) atoms. The van der Waals surface area contributed by atoms with Gasteiger partial charge in [0.2, 0.25) is 0 Å². The molecule has 0 bridgehead atoms. The van der Waals surface area contributed by atoms with Crippen molar-refractivity contribution in [3.63, 3.8) is 0 Å². The molecule has 0 aromatic heterocycles. The third kappa shape index (κ3) is 2.92. The molecule has 1 rings (SSSR count). The summed E-state index contributed by atoms with van der Waals surface area (Å²) < 4.78 is 0. The monoisotopic (exact) mass is 207 g/mol. The molecule has 2 N–H and O–H groups in total. The molecule has 3 heteroatoms. The molecule has 0 amide bonds. The number of hydrogen-bond donors (Lipinski definition) is 1. The minimum Gasteiger partial charge on any atom is -0.401 e. The van der Waals surface area contributed by atoms with E-state index in [0.29, 0.717) is 10.6 Å². The fraction of sp³-hybridized carbons (Fsp3) is 0.182. The van der Waals surface area contributed by atoms with Crippen molar-refractivity contribution in [3.05, 3.63) is 40.9 Å². The van der Waals surface area contributed by atoms with Gasteiger partial charge >= 0.3 is 0 Å². The van der Waals surface area contributed by atoms with Crippen LogP contribution in [0.2, 0.25) is 0 Å². The van der Waals surface area contributed by atoms with E-state index in [4.69, 9.17) is 5.73 Å². The number of hydrogen-bond acceptors (Lipinski definition) is 3. The molecule has 0 atom stereocenters. The Kier molecular flexibility index (Phi) is 3.77. The SMILES string of the molecule is CC(=O)/C(Sc1ccccc1)=C(/C)N. The zero-order chi connectivity index (χ0) is 10.6. The lowest BCUT2D eigenvalue weighted by molar-refractivity contribution is -0.113. The standard InChI is InChI=1S/C11H13NOS/c1-8(12)11(9(2)13)14-10-6-4-3-5-7-10/h3-7H,12H2,1-2H3/b11-8+. The first-order valence-electron chi connectivity index (χ1n) is 4.31. The van der Waals surface area contributed by atoms with E-state index in [2.05, 4.69) is 0 Å². The number of nitrogens with two attached hydrogens (primary N) is 1. The van der Waals surface area contributed by atoms with E-state index in [9.17, 15) is 4.79 Å². The van der Waals surface area contributed by atoms with Crippen molar-refractivity contribution in [1.82, 2.24) is 0 Å². The maximum Gasteiger partial charge on any atom is 0.168 e. The summed E-state index contributed by atoms with van der Waals surface area (Å²) in [5, 5.41) is 0. The molecule has 0 unspecified atom stereocenters. The summed E-state index contributed by atoms with van der Waals surface area (Å²) >= 11 is 1.41. The van der Waals surface area contributed by atoms with Crippen LogP contribution in [0.4, 0.5) is 0 Å². The normalized spacial score (nSPS) is 12.1. The van der Waals surface area contributed by atoms with Gasteiger partial charge in [-0.15, -0.1) is 0 Å². The second-order valence-corrected chi connectivity index (χ2v) is 4.07. The molecule has 0 heterocycles. The summed E-state index contributed by atoms with van der Waals surface area (Å²) in [4.78, 5) is 12.9. The van der Waals surface area contributed by atoms with Crippen LogP contribution < -0.4 is 5.73 Å². The number of ketones is 1. The molecule has 0 radical (unpaired) electrons. The summed E-state index contributed by atoms with van der Waals surface area (Å²) in [6.45, 7) is 3.27. The highest BCUT2D eigenvalue weighted by Gasteiger charge is 2.08. The van der Waals surface area contributed by atoms with Crippen LogP contribution in [0.1, 0.15) is 13.8 Å². The molecule has 1 aromatic carbocycles. The highest BCUT2D eigenvalue weighted by molar-refractivity contribution is 8.04. The smallest absolute Gasteiger partial charge is 0.168 e. The molecule has 0 aliphatic carbocycles. The molecular weight excluding hydrogens is 194 g/mol. The summed E-state index contributed by atoms with van der Waals surface area (Å²) in [6, 6.07) is 9.72. The molecule has 0 saturated carbocycles. The number of carbonyl (C=O) groups is 1. The summed E-state index contributed by atoms with van der Waals surface area (Å²) in [5.74, 6) is 0.0128. The number of benzene rings is 1. The second-order valence-electron chi connectivity index (χ2n) is 2.98. The highest BCUT2D eigenvalue weighted by Crippen LogP contribution is 2.27. The van der Waals surface area contributed by atoms with Crippen molar-refractivity contribution in [1.29, 1.82) is 0 Å². The maximum atomic E-state index is 11.2. The molecule has 2 nitrogen and oxygen atoms in total. The van der Waals surface area contributed by atoms with E-state index in [1.54, 1.807) is 6.92 Å². The van der Waals surface area contributed by atoms with E-state index >= 15 is 0 Å². The van der Waals surface area contributed by atoms with Gasteiger partial charge in [0.15, 0.2) is 5.78 Å². The van der Waals surface area contributed by atoms with E-state index in [0.717, 1.165) is 4.90 Å². The van der Waals surface area contributed by atoms with Gasteiger partial charge < -0.3 is 5.73 Å². The van der Waals surface area contributed by atoms with Crippen molar-refractivity contribution < 1.29 is 4.79 Å². The first-order chi connectivity index (χ1) is 6.61. The van der Waals surface area contributed by atoms with Gasteiger partial charge in [0.25, 0.3) is 0 Å². The Balaban J connectivity index is 2.87. The van der Waals surface area contributed by atoms with Crippen LogP contribution in [0, 0.1) is 0 Å². The lowest BCUT2D eigenvalue weighted by Gasteiger charge is -2.04. The molecule has 74 valence electrons. The van der Waals surface area contributed by atoms with Crippen LogP contribution in [0.25, 0.3) is 0 Å². The highest BCUT2D eigenvalue weighted by atomic mass is 32.2.